The smallest absolute Gasteiger partial charge is 0.416 e. The highest BCUT2D eigenvalue weighted by Crippen LogP contribution is 2.39. The standard InChI is InChI=1S/C22H18F3N3O2/c23-22(24,25)15-3-1-13(2-4-15)7-8-30-16-5-6-19-18(10-16)20(12-27-19)28-21(29)17-9-14(17)11-26/h1-6,10,12,14,17,27H,7-9H2,(H,28,29)/t14?,17-/m0/s1. The number of ether oxygens (including phenoxy) is 1. The van der Waals surface area contributed by atoms with E-state index < -0.39 is 11.7 Å². The minimum absolute atomic E-state index is 0.170. The minimum Gasteiger partial charge on any atom is -0.493 e. The van der Waals surface area contributed by atoms with Gasteiger partial charge in [-0.15, -0.1) is 0 Å². The van der Waals surface area contributed by atoms with E-state index in [1.165, 1.54) is 12.1 Å². The average molecular weight is 413 g/mol. The molecule has 2 aromatic carbocycles. The number of carbonyl (C=O) groups excluding carboxylic acids is 1. The van der Waals surface area contributed by atoms with Crippen molar-refractivity contribution in [3.63, 3.8) is 0 Å². The summed E-state index contributed by atoms with van der Waals surface area (Å²) in [6.45, 7) is 0.301. The molecule has 2 N–H and O–H groups in total. The lowest BCUT2D eigenvalue weighted by Crippen LogP contribution is -2.14. The van der Waals surface area contributed by atoms with E-state index in [0.717, 1.165) is 28.6 Å². The lowest BCUT2D eigenvalue weighted by molar-refractivity contribution is -0.137. The highest BCUT2D eigenvalue weighted by molar-refractivity contribution is 6.03. The van der Waals surface area contributed by atoms with E-state index >= 15 is 0 Å². The third-order valence-electron chi connectivity index (χ3n) is 5.14. The number of rotatable bonds is 6. The number of H-pyrrole nitrogens is 1. The first-order valence-corrected chi connectivity index (χ1v) is 9.45. The molecule has 1 aliphatic carbocycles. The molecule has 1 aliphatic rings. The molecular weight excluding hydrogens is 395 g/mol. The normalized spacial score (nSPS) is 18.1. The fraction of sp³-hybridized carbons (Fsp3) is 0.273. The largest absolute Gasteiger partial charge is 0.493 e. The molecule has 1 aromatic heterocycles. The quantitative estimate of drug-likeness (QED) is 0.603. The van der Waals surface area contributed by atoms with Gasteiger partial charge in [-0.25, -0.2) is 0 Å². The number of halogens is 3. The topological polar surface area (TPSA) is 77.9 Å². The van der Waals surface area contributed by atoms with Crippen molar-refractivity contribution in [1.82, 2.24) is 4.98 Å². The highest BCUT2D eigenvalue weighted by atomic mass is 19.4. The molecule has 0 bridgehead atoms. The number of amides is 1. The zero-order chi connectivity index (χ0) is 21.3. The second-order valence-electron chi connectivity index (χ2n) is 7.27. The van der Waals surface area contributed by atoms with E-state index in [4.69, 9.17) is 10.00 Å². The monoisotopic (exact) mass is 413 g/mol. The Labute approximate surface area is 170 Å². The molecule has 1 unspecified atom stereocenters. The number of carbonyl (C=O) groups is 1. The van der Waals surface area contributed by atoms with Crippen LogP contribution >= 0.6 is 0 Å². The van der Waals surface area contributed by atoms with Crippen LogP contribution in [-0.4, -0.2) is 17.5 Å². The number of alkyl halides is 3. The van der Waals surface area contributed by atoms with Gasteiger partial charge in [-0.05, 0) is 42.3 Å². The number of aromatic amines is 1. The van der Waals surface area contributed by atoms with Crippen LogP contribution in [0, 0.1) is 23.2 Å². The summed E-state index contributed by atoms with van der Waals surface area (Å²) in [5, 5.41) is 12.5. The van der Waals surface area contributed by atoms with E-state index in [9.17, 15) is 18.0 Å². The number of hydrogen-bond donors (Lipinski definition) is 2. The fourth-order valence-electron chi connectivity index (χ4n) is 3.29. The van der Waals surface area contributed by atoms with Crippen molar-refractivity contribution in [3.05, 3.63) is 59.8 Å². The summed E-state index contributed by atoms with van der Waals surface area (Å²) in [5.41, 5.74) is 1.52. The Morgan fingerprint density at radius 2 is 2.00 bits per heavy atom. The van der Waals surface area contributed by atoms with E-state index in [1.807, 2.05) is 6.07 Å². The second kappa shape index (κ2) is 7.75. The fourth-order valence-corrected chi connectivity index (χ4v) is 3.29. The molecule has 5 nitrogen and oxygen atoms in total. The van der Waals surface area contributed by atoms with Gasteiger partial charge in [-0.2, -0.15) is 18.4 Å². The zero-order valence-electron chi connectivity index (χ0n) is 15.8. The maximum absolute atomic E-state index is 12.6. The number of aromatic nitrogens is 1. The van der Waals surface area contributed by atoms with Gasteiger partial charge in [-0.3, -0.25) is 4.79 Å². The third-order valence-corrected chi connectivity index (χ3v) is 5.14. The summed E-state index contributed by atoms with van der Waals surface area (Å²) in [6.07, 6.45) is -1.60. The zero-order valence-corrected chi connectivity index (χ0v) is 15.8. The van der Waals surface area contributed by atoms with Crippen LogP contribution in [-0.2, 0) is 17.4 Å². The molecule has 1 fully saturated rings. The Kier molecular flexibility index (Phi) is 5.12. The molecule has 2 atom stereocenters. The van der Waals surface area contributed by atoms with E-state index in [-0.39, 0.29) is 17.7 Å². The molecule has 4 rings (SSSR count). The Bertz CT molecular complexity index is 1110. The molecule has 0 spiro atoms. The molecule has 30 heavy (non-hydrogen) atoms. The van der Waals surface area contributed by atoms with Gasteiger partial charge in [0.05, 0.1) is 35.8 Å². The molecule has 8 heteroatoms. The SMILES string of the molecule is N#CC1C[C@@H]1C(=O)Nc1c[nH]c2ccc(OCCc3ccc(C(F)(F)F)cc3)cc12. The summed E-state index contributed by atoms with van der Waals surface area (Å²) in [7, 11) is 0. The van der Waals surface area contributed by atoms with Crippen LogP contribution in [0.1, 0.15) is 17.5 Å². The predicted octanol–water partition coefficient (Wildman–Crippen LogP) is 4.91. The lowest BCUT2D eigenvalue weighted by Gasteiger charge is -2.09. The van der Waals surface area contributed by atoms with Gasteiger partial charge in [0.2, 0.25) is 5.91 Å². The molecule has 1 heterocycles. The summed E-state index contributed by atoms with van der Waals surface area (Å²) < 4.78 is 43.6. The number of nitriles is 1. The molecule has 0 aliphatic heterocycles. The molecule has 154 valence electrons. The number of nitrogens with zero attached hydrogens (tertiary/aromatic N) is 1. The summed E-state index contributed by atoms with van der Waals surface area (Å²) in [4.78, 5) is 15.3. The maximum Gasteiger partial charge on any atom is 0.416 e. The maximum atomic E-state index is 12.6. The molecular formula is C22H18F3N3O2. The first kappa shape index (κ1) is 19.8. The molecule has 0 radical (unpaired) electrons. The van der Waals surface area contributed by atoms with Crippen LogP contribution in [0.5, 0.6) is 5.75 Å². The van der Waals surface area contributed by atoms with Crippen molar-refractivity contribution in [2.75, 3.05) is 11.9 Å². The van der Waals surface area contributed by atoms with Crippen molar-refractivity contribution >= 4 is 22.5 Å². The number of benzene rings is 2. The number of hydrogen-bond acceptors (Lipinski definition) is 3. The Balaban J connectivity index is 1.38. The van der Waals surface area contributed by atoms with Crippen LogP contribution in [0.25, 0.3) is 10.9 Å². The van der Waals surface area contributed by atoms with E-state index in [2.05, 4.69) is 16.4 Å². The van der Waals surface area contributed by atoms with Crippen LogP contribution < -0.4 is 10.1 Å². The predicted molar refractivity (Wildman–Crippen MR) is 105 cm³/mol. The Hall–Kier alpha value is -3.47. The van der Waals surface area contributed by atoms with Crippen molar-refractivity contribution < 1.29 is 22.7 Å². The van der Waals surface area contributed by atoms with Gasteiger partial charge in [0.25, 0.3) is 0 Å². The Morgan fingerprint density at radius 1 is 1.23 bits per heavy atom. The molecule has 0 saturated heterocycles. The second-order valence-corrected chi connectivity index (χ2v) is 7.27. The molecule has 1 amide bonds. The van der Waals surface area contributed by atoms with E-state index in [1.54, 1.807) is 18.3 Å². The number of fused-ring (bicyclic) bond motifs is 1. The first-order valence-electron chi connectivity index (χ1n) is 9.45. The summed E-state index contributed by atoms with van der Waals surface area (Å²) in [6, 6.07) is 12.5. The lowest BCUT2D eigenvalue weighted by atomic mass is 10.1. The van der Waals surface area contributed by atoms with Crippen LogP contribution in [0.2, 0.25) is 0 Å². The van der Waals surface area contributed by atoms with E-state index in [0.29, 0.717) is 30.9 Å². The van der Waals surface area contributed by atoms with Crippen molar-refractivity contribution in [2.24, 2.45) is 11.8 Å². The summed E-state index contributed by atoms with van der Waals surface area (Å²) in [5.74, 6) is -0.0516. The average Bonchev–Trinajstić information content (AvgIpc) is 3.42. The van der Waals surface area contributed by atoms with Crippen LogP contribution in [0.4, 0.5) is 18.9 Å². The first-order chi connectivity index (χ1) is 14.3. The van der Waals surface area contributed by atoms with Gasteiger partial charge in [0.15, 0.2) is 0 Å². The Morgan fingerprint density at radius 3 is 2.67 bits per heavy atom. The van der Waals surface area contributed by atoms with Crippen LogP contribution in [0.15, 0.2) is 48.7 Å². The van der Waals surface area contributed by atoms with Crippen molar-refractivity contribution in [3.8, 4) is 11.8 Å². The van der Waals surface area contributed by atoms with Gasteiger partial charge in [0, 0.05) is 23.5 Å². The number of nitrogens with one attached hydrogen (secondary N) is 2. The third kappa shape index (κ3) is 4.25. The van der Waals surface area contributed by atoms with Gasteiger partial charge in [0.1, 0.15) is 5.75 Å². The summed E-state index contributed by atoms with van der Waals surface area (Å²) >= 11 is 0. The highest BCUT2D eigenvalue weighted by Gasteiger charge is 2.43. The van der Waals surface area contributed by atoms with Gasteiger partial charge < -0.3 is 15.0 Å². The minimum atomic E-state index is -4.34. The van der Waals surface area contributed by atoms with Gasteiger partial charge in [-0.1, -0.05) is 12.1 Å². The van der Waals surface area contributed by atoms with Crippen LogP contribution in [0.3, 0.4) is 0 Å². The van der Waals surface area contributed by atoms with Gasteiger partial charge >= 0.3 is 6.18 Å². The van der Waals surface area contributed by atoms with Crippen molar-refractivity contribution in [1.29, 1.82) is 5.26 Å². The molecule has 3 aromatic rings. The molecule has 1 saturated carbocycles. The number of anilines is 1. The van der Waals surface area contributed by atoms with Crippen molar-refractivity contribution in [2.45, 2.75) is 19.0 Å².